The quantitative estimate of drug-likeness (QED) is 0.633. The normalized spacial score (nSPS) is 14.7. The van der Waals surface area contributed by atoms with Crippen molar-refractivity contribution in [1.29, 1.82) is 0 Å². The highest BCUT2D eigenvalue weighted by molar-refractivity contribution is 5.69. The van der Waals surface area contributed by atoms with Crippen LogP contribution >= 0.6 is 0 Å². The SMILES string of the molecule is CCC(CCN)CCC(=O)OC(C)CC. The average molecular weight is 215 g/mol. The molecule has 0 aliphatic heterocycles. The molecule has 0 amide bonds. The summed E-state index contributed by atoms with van der Waals surface area (Å²) in [6.07, 6.45) is 4.46. The van der Waals surface area contributed by atoms with Gasteiger partial charge in [-0.25, -0.2) is 0 Å². The first-order chi connectivity index (χ1) is 7.13. The molecule has 0 fully saturated rings. The Bertz CT molecular complexity index is 171. The fourth-order valence-corrected chi connectivity index (χ4v) is 1.48. The zero-order valence-electron chi connectivity index (χ0n) is 10.3. The molecular formula is C12H25NO2. The van der Waals surface area contributed by atoms with E-state index in [9.17, 15) is 4.79 Å². The number of carbonyl (C=O) groups excluding carboxylic acids is 1. The Morgan fingerprint density at radius 2 is 1.93 bits per heavy atom. The number of ether oxygens (including phenoxy) is 1. The van der Waals surface area contributed by atoms with E-state index in [2.05, 4.69) is 6.92 Å². The van der Waals surface area contributed by atoms with Crippen molar-refractivity contribution < 1.29 is 9.53 Å². The van der Waals surface area contributed by atoms with Gasteiger partial charge in [0.25, 0.3) is 0 Å². The second-order valence-electron chi connectivity index (χ2n) is 4.10. The van der Waals surface area contributed by atoms with E-state index < -0.39 is 0 Å². The van der Waals surface area contributed by atoms with Crippen LogP contribution in [0.25, 0.3) is 0 Å². The molecule has 90 valence electrons. The van der Waals surface area contributed by atoms with Gasteiger partial charge in [0.05, 0.1) is 6.10 Å². The van der Waals surface area contributed by atoms with Gasteiger partial charge < -0.3 is 10.5 Å². The minimum Gasteiger partial charge on any atom is -0.463 e. The molecule has 2 atom stereocenters. The van der Waals surface area contributed by atoms with Gasteiger partial charge in [-0.15, -0.1) is 0 Å². The van der Waals surface area contributed by atoms with Crippen molar-refractivity contribution in [2.75, 3.05) is 6.54 Å². The minimum absolute atomic E-state index is 0.0482. The summed E-state index contributed by atoms with van der Waals surface area (Å²) < 4.78 is 5.20. The summed E-state index contributed by atoms with van der Waals surface area (Å²) >= 11 is 0. The van der Waals surface area contributed by atoms with Crippen LogP contribution in [0.2, 0.25) is 0 Å². The topological polar surface area (TPSA) is 52.3 Å². The molecule has 0 rings (SSSR count). The molecule has 2 unspecified atom stereocenters. The molecule has 0 saturated heterocycles. The molecule has 3 heteroatoms. The molecule has 0 radical (unpaired) electrons. The summed E-state index contributed by atoms with van der Waals surface area (Å²) in [6.45, 7) is 6.79. The highest BCUT2D eigenvalue weighted by Gasteiger charge is 2.11. The van der Waals surface area contributed by atoms with Gasteiger partial charge in [-0.3, -0.25) is 4.79 Å². The molecule has 0 aromatic heterocycles. The van der Waals surface area contributed by atoms with Crippen LogP contribution in [-0.4, -0.2) is 18.6 Å². The fraction of sp³-hybridized carbons (Fsp3) is 0.917. The van der Waals surface area contributed by atoms with Crippen LogP contribution in [0.15, 0.2) is 0 Å². The number of esters is 1. The molecule has 0 aliphatic rings. The molecule has 0 aliphatic carbocycles. The van der Waals surface area contributed by atoms with Crippen molar-refractivity contribution in [3.05, 3.63) is 0 Å². The van der Waals surface area contributed by atoms with E-state index in [0.29, 0.717) is 18.9 Å². The van der Waals surface area contributed by atoms with Crippen LogP contribution in [0.1, 0.15) is 52.9 Å². The maximum absolute atomic E-state index is 11.4. The van der Waals surface area contributed by atoms with E-state index in [1.54, 1.807) is 0 Å². The Kier molecular flexibility index (Phi) is 8.38. The molecule has 15 heavy (non-hydrogen) atoms. The minimum atomic E-state index is -0.0696. The molecule has 2 N–H and O–H groups in total. The summed E-state index contributed by atoms with van der Waals surface area (Å²) in [7, 11) is 0. The summed E-state index contributed by atoms with van der Waals surface area (Å²) in [5.41, 5.74) is 5.50. The number of hydrogen-bond acceptors (Lipinski definition) is 3. The fourth-order valence-electron chi connectivity index (χ4n) is 1.48. The van der Waals surface area contributed by atoms with E-state index in [0.717, 1.165) is 25.7 Å². The van der Waals surface area contributed by atoms with Gasteiger partial charge in [0.2, 0.25) is 0 Å². The predicted octanol–water partition coefficient (Wildman–Crippen LogP) is 2.48. The number of rotatable bonds is 8. The molecule has 0 heterocycles. The van der Waals surface area contributed by atoms with Crippen molar-refractivity contribution in [2.45, 2.75) is 59.0 Å². The Morgan fingerprint density at radius 3 is 2.40 bits per heavy atom. The lowest BCUT2D eigenvalue weighted by Gasteiger charge is -2.14. The van der Waals surface area contributed by atoms with Gasteiger partial charge in [-0.1, -0.05) is 20.3 Å². The molecule has 0 saturated carbocycles. The molecule has 3 nitrogen and oxygen atoms in total. The first kappa shape index (κ1) is 14.4. The van der Waals surface area contributed by atoms with Crippen molar-refractivity contribution in [1.82, 2.24) is 0 Å². The summed E-state index contributed by atoms with van der Waals surface area (Å²) in [4.78, 5) is 11.4. The monoisotopic (exact) mass is 215 g/mol. The first-order valence-corrected chi connectivity index (χ1v) is 6.03. The van der Waals surface area contributed by atoms with E-state index in [-0.39, 0.29) is 12.1 Å². The van der Waals surface area contributed by atoms with E-state index in [1.165, 1.54) is 0 Å². The third-order valence-corrected chi connectivity index (χ3v) is 2.82. The second kappa shape index (κ2) is 8.72. The van der Waals surface area contributed by atoms with Gasteiger partial charge in [-0.05, 0) is 38.6 Å². The van der Waals surface area contributed by atoms with Crippen LogP contribution in [0, 0.1) is 5.92 Å². The second-order valence-corrected chi connectivity index (χ2v) is 4.10. The molecular weight excluding hydrogens is 190 g/mol. The maximum Gasteiger partial charge on any atom is 0.306 e. The average Bonchev–Trinajstić information content (AvgIpc) is 2.23. The highest BCUT2D eigenvalue weighted by Crippen LogP contribution is 2.15. The third-order valence-electron chi connectivity index (χ3n) is 2.82. The largest absolute Gasteiger partial charge is 0.463 e. The van der Waals surface area contributed by atoms with E-state index in [1.807, 2.05) is 13.8 Å². The van der Waals surface area contributed by atoms with Crippen molar-refractivity contribution >= 4 is 5.97 Å². The predicted molar refractivity (Wildman–Crippen MR) is 62.5 cm³/mol. The van der Waals surface area contributed by atoms with Gasteiger partial charge in [0.1, 0.15) is 0 Å². The lowest BCUT2D eigenvalue weighted by atomic mass is 9.97. The van der Waals surface area contributed by atoms with Crippen LogP contribution in [0.3, 0.4) is 0 Å². The number of hydrogen-bond donors (Lipinski definition) is 1. The molecule has 0 aromatic rings. The Labute approximate surface area is 93.4 Å². The molecule has 0 bridgehead atoms. The van der Waals surface area contributed by atoms with Crippen LogP contribution in [0.4, 0.5) is 0 Å². The summed E-state index contributed by atoms with van der Waals surface area (Å²) in [5, 5.41) is 0. The standard InChI is InChI=1S/C12H25NO2/c1-4-10(3)15-12(14)7-6-11(5-2)8-9-13/h10-11H,4-9,13H2,1-3H3. The lowest BCUT2D eigenvalue weighted by Crippen LogP contribution is -2.15. The highest BCUT2D eigenvalue weighted by atomic mass is 16.5. The Hall–Kier alpha value is -0.570. The Balaban J connectivity index is 3.68. The molecule has 0 aromatic carbocycles. The van der Waals surface area contributed by atoms with Crippen LogP contribution in [0.5, 0.6) is 0 Å². The van der Waals surface area contributed by atoms with E-state index >= 15 is 0 Å². The number of carbonyl (C=O) groups is 1. The molecule has 0 spiro atoms. The smallest absolute Gasteiger partial charge is 0.306 e. The number of nitrogens with two attached hydrogens (primary N) is 1. The van der Waals surface area contributed by atoms with E-state index in [4.69, 9.17) is 10.5 Å². The zero-order valence-corrected chi connectivity index (χ0v) is 10.3. The first-order valence-electron chi connectivity index (χ1n) is 6.03. The van der Waals surface area contributed by atoms with Crippen molar-refractivity contribution in [3.63, 3.8) is 0 Å². The van der Waals surface area contributed by atoms with Crippen LogP contribution < -0.4 is 5.73 Å². The lowest BCUT2D eigenvalue weighted by molar-refractivity contribution is -0.148. The van der Waals surface area contributed by atoms with Gasteiger partial charge >= 0.3 is 5.97 Å². The van der Waals surface area contributed by atoms with Gasteiger partial charge in [-0.2, -0.15) is 0 Å². The maximum atomic E-state index is 11.4. The summed E-state index contributed by atoms with van der Waals surface area (Å²) in [5.74, 6) is 0.499. The Morgan fingerprint density at radius 1 is 1.27 bits per heavy atom. The zero-order chi connectivity index (χ0) is 11.7. The van der Waals surface area contributed by atoms with Crippen molar-refractivity contribution in [3.8, 4) is 0 Å². The van der Waals surface area contributed by atoms with Gasteiger partial charge in [0.15, 0.2) is 0 Å². The van der Waals surface area contributed by atoms with Crippen molar-refractivity contribution in [2.24, 2.45) is 11.7 Å². The van der Waals surface area contributed by atoms with Crippen LogP contribution in [-0.2, 0) is 9.53 Å². The van der Waals surface area contributed by atoms with Gasteiger partial charge in [0, 0.05) is 6.42 Å². The third kappa shape index (κ3) is 7.37. The summed E-state index contributed by atoms with van der Waals surface area (Å²) in [6, 6.07) is 0.